The van der Waals surface area contributed by atoms with E-state index in [-0.39, 0.29) is 5.56 Å². The highest BCUT2D eigenvalue weighted by atomic mass is 16.4. The molecule has 0 aliphatic heterocycles. The smallest absolute Gasteiger partial charge is 0.337 e. The molecule has 0 radical (unpaired) electrons. The zero-order chi connectivity index (χ0) is 11.5. The molecule has 78 valence electrons. The van der Waals surface area contributed by atoms with Crippen LogP contribution in [0.15, 0.2) is 36.7 Å². The summed E-state index contributed by atoms with van der Waals surface area (Å²) in [4.78, 5) is 14.6. The molecule has 0 atom stereocenters. The van der Waals surface area contributed by atoms with Gasteiger partial charge in [0.15, 0.2) is 0 Å². The van der Waals surface area contributed by atoms with E-state index in [4.69, 9.17) is 10.4 Å². The van der Waals surface area contributed by atoms with Crippen LogP contribution in [0.25, 0.3) is 5.82 Å². The Labute approximate surface area is 91.2 Å². The maximum atomic E-state index is 10.6. The minimum absolute atomic E-state index is 0.120. The number of aromatic nitrogens is 2. The molecule has 5 heteroatoms. The number of rotatable bonds is 2. The first kappa shape index (κ1) is 9.93. The first-order valence-corrected chi connectivity index (χ1v) is 4.49. The second-order valence-corrected chi connectivity index (χ2v) is 3.09. The highest BCUT2D eigenvalue weighted by Crippen LogP contribution is 2.10. The summed E-state index contributed by atoms with van der Waals surface area (Å²) in [5.41, 5.74) is 0.574. The molecule has 2 heterocycles. The predicted octanol–water partition coefficient (Wildman–Crippen LogP) is 1.44. The first-order valence-electron chi connectivity index (χ1n) is 4.49. The van der Waals surface area contributed by atoms with Crippen LogP contribution in [-0.2, 0) is 0 Å². The molecule has 2 rings (SSSR count). The van der Waals surface area contributed by atoms with E-state index in [1.54, 1.807) is 29.0 Å². The van der Waals surface area contributed by atoms with Crippen molar-refractivity contribution >= 4 is 5.97 Å². The maximum absolute atomic E-state index is 10.6. The van der Waals surface area contributed by atoms with Gasteiger partial charge in [-0.3, -0.25) is 4.57 Å². The molecule has 16 heavy (non-hydrogen) atoms. The van der Waals surface area contributed by atoms with Gasteiger partial charge in [-0.05, 0) is 24.3 Å². The fourth-order valence-electron chi connectivity index (χ4n) is 1.33. The Bertz CT molecular complexity index is 564. The molecule has 0 amide bonds. The van der Waals surface area contributed by atoms with E-state index in [0.29, 0.717) is 11.5 Å². The molecule has 0 saturated heterocycles. The number of carbonyl (C=O) groups is 1. The van der Waals surface area contributed by atoms with Crippen LogP contribution in [0.1, 0.15) is 16.1 Å². The highest BCUT2D eigenvalue weighted by Gasteiger charge is 2.06. The molecule has 0 spiro atoms. The lowest BCUT2D eigenvalue weighted by Crippen LogP contribution is -2.01. The summed E-state index contributed by atoms with van der Waals surface area (Å²) in [6, 6.07) is 8.42. The zero-order valence-electron chi connectivity index (χ0n) is 8.16. The van der Waals surface area contributed by atoms with Gasteiger partial charge in [-0.15, -0.1) is 0 Å². The number of aromatic carboxylic acids is 1. The Morgan fingerprint density at radius 1 is 1.44 bits per heavy atom. The number of carboxylic acid groups (broad SMARTS) is 1. The van der Waals surface area contributed by atoms with Gasteiger partial charge in [0.2, 0.25) is 0 Å². The Hall–Kier alpha value is -2.61. The molecule has 0 aliphatic rings. The molecule has 2 aromatic heterocycles. The Morgan fingerprint density at radius 2 is 2.25 bits per heavy atom. The topological polar surface area (TPSA) is 78.9 Å². The average Bonchev–Trinajstić information content (AvgIpc) is 2.77. The first-order chi connectivity index (χ1) is 7.72. The normalized spacial score (nSPS) is 9.69. The van der Waals surface area contributed by atoms with Crippen molar-refractivity contribution in [2.24, 2.45) is 0 Å². The second kappa shape index (κ2) is 3.87. The van der Waals surface area contributed by atoms with Crippen molar-refractivity contribution in [2.75, 3.05) is 0 Å². The SMILES string of the molecule is N#Cc1cccn1-c1ccc(C(=O)O)cn1. The molecular formula is C11H7N3O2. The van der Waals surface area contributed by atoms with Gasteiger partial charge in [0.1, 0.15) is 17.6 Å². The van der Waals surface area contributed by atoms with Crippen LogP contribution >= 0.6 is 0 Å². The molecule has 1 N–H and O–H groups in total. The van der Waals surface area contributed by atoms with Gasteiger partial charge in [0.25, 0.3) is 0 Å². The lowest BCUT2D eigenvalue weighted by atomic mass is 10.3. The summed E-state index contributed by atoms with van der Waals surface area (Å²) in [6.07, 6.45) is 2.96. The third-order valence-corrected chi connectivity index (χ3v) is 2.10. The van der Waals surface area contributed by atoms with Crippen molar-refractivity contribution in [3.05, 3.63) is 47.9 Å². The third-order valence-electron chi connectivity index (χ3n) is 2.10. The van der Waals surface area contributed by atoms with Gasteiger partial charge in [0.05, 0.1) is 5.56 Å². The van der Waals surface area contributed by atoms with Crippen LogP contribution in [0.4, 0.5) is 0 Å². The molecule has 2 aromatic rings. The maximum Gasteiger partial charge on any atom is 0.337 e. The number of carboxylic acids is 1. The minimum atomic E-state index is -1.02. The number of nitriles is 1. The van der Waals surface area contributed by atoms with Gasteiger partial charge >= 0.3 is 5.97 Å². The summed E-state index contributed by atoms with van der Waals surface area (Å²) >= 11 is 0. The van der Waals surface area contributed by atoms with Crippen LogP contribution in [0.2, 0.25) is 0 Å². The van der Waals surface area contributed by atoms with E-state index < -0.39 is 5.97 Å². The quantitative estimate of drug-likeness (QED) is 0.818. The fraction of sp³-hybridized carbons (Fsp3) is 0. The van der Waals surface area contributed by atoms with Crippen LogP contribution in [0, 0.1) is 11.3 Å². The summed E-state index contributed by atoms with van der Waals surface area (Å²) in [7, 11) is 0. The van der Waals surface area contributed by atoms with Crippen LogP contribution in [-0.4, -0.2) is 20.6 Å². The Morgan fingerprint density at radius 3 is 2.81 bits per heavy atom. The molecule has 0 fully saturated rings. The van der Waals surface area contributed by atoms with Gasteiger partial charge in [-0.2, -0.15) is 5.26 Å². The molecule has 0 bridgehead atoms. The van der Waals surface area contributed by atoms with E-state index in [2.05, 4.69) is 4.98 Å². The summed E-state index contributed by atoms with van der Waals surface area (Å²) in [6.45, 7) is 0. The molecule has 5 nitrogen and oxygen atoms in total. The van der Waals surface area contributed by atoms with Gasteiger partial charge in [-0.25, -0.2) is 9.78 Å². The van der Waals surface area contributed by atoms with Crippen molar-refractivity contribution < 1.29 is 9.90 Å². The second-order valence-electron chi connectivity index (χ2n) is 3.09. The predicted molar refractivity (Wildman–Crippen MR) is 55.2 cm³/mol. The number of pyridine rings is 1. The average molecular weight is 213 g/mol. The van der Waals surface area contributed by atoms with E-state index in [0.717, 1.165) is 0 Å². The Balaban J connectivity index is 2.43. The van der Waals surface area contributed by atoms with Gasteiger partial charge in [-0.1, -0.05) is 0 Å². The van der Waals surface area contributed by atoms with Crippen molar-refractivity contribution in [2.45, 2.75) is 0 Å². The fourth-order valence-corrected chi connectivity index (χ4v) is 1.33. The van der Waals surface area contributed by atoms with Crippen LogP contribution in [0.3, 0.4) is 0 Å². The van der Waals surface area contributed by atoms with Crippen molar-refractivity contribution in [3.63, 3.8) is 0 Å². The molecular weight excluding hydrogens is 206 g/mol. The third kappa shape index (κ3) is 1.64. The largest absolute Gasteiger partial charge is 0.478 e. The molecule has 0 saturated carbocycles. The monoisotopic (exact) mass is 213 g/mol. The van der Waals surface area contributed by atoms with E-state index in [1.165, 1.54) is 12.3 Å². The van der Waals surface area contributed by atoms with Crippen molar-refractivity contribution in [1.29, 1.82) is 5.26 Å². The standard InChI is InChI=1S/C11H7N3O2/c12-6-9-2-1-5-14(9)10-4-3-8(7-13-10)11(15)16/h1-5,7H,(H,15,16). The zero-order valence-corrected chi connectivity index (χ0v) is 8.16. The number of hydrogen-bond acceptors (Lipinski definition) is 3. The Kier molecular flexibility index (Phi) is 2.40. The van der Waals surface area contributed by atoms with E-state index >= 15 is 0 Å². The molecule has 0 unspecified atom stereocenters. The summed E-state index contributed by atoms with van der Waals surface area (Å²) in [5, 5.41) is 17.5. The lowest BCUT2D eigenvalue weighted by Gasteiger charge is -2.03. The number of nitrogens with zero attached hydrogens (tertiary/aromatic N) is 3. The van der Waals surface area contributed by atoms with E-state index in [1.807, 2.05) is 6.07 Å². The van der Waals surface area contributed by atoms with Crippen molar-refractivity contribution in [3.8, 4) is 11.9 Å². The summed E-state index contributed by atoms with van der Waals surface area (Å²) in [5.74, 6) is -0.501. The van der Waals surface area contributed by atoms with Crippen LogP contribution < -0.4 is 0 Å². The number of hydrogen-bond donors (Lipinski definition) is 1. The summed E-state index contributed by atoms with van der Waals surface area (Å²) < 4.78 is 1.59. The lowest BCUT2D eigenvalue weighted by molar-refractivity contribution is 0.0696. The van der Waals surface area contributed by atoms with Crippen LogP contribution in [0.5, 0.6) is 0 Å². The molecule has 0 aromatic carbocycles. The molecule has 0 aliphatic carbocycles. The van der Waals surface area contributed by atoms with E-state index in [9.17, 15) is 4.79 Å². The van der Waals surface area contributed by atoms with Crippen molar-refractivity contribution in [1.82, 2.24) is 9.55 Å². The minimum Gasteiger partial charge on any atom is -0.478 e. The highest BCUT2D eigenvalue weighted by molar-refractivity contribution is 5.87. The van der Waals surface area contributed by atoms with Gasteiger partial charge in [0, 0.05) is 12.4 Å². The van der Waals surface area contributed by atoms with Gasteiger partial charge < -0.3 is 5.11 Å².